The number of aryl methyl sites for hydroxylation is 3. The molecule has 1 aliphatic rings. The number of nitrogens with one attached hydrogen (secondary N) is 1. The van der Waals surface area contributed by atoms with Gasteiger partial charge in [0.2, 0.25) is 5.91 Å². The van der Waals surface area contributed by atoms with Crippen LogP contribution in [0.1, 0.15) is 71.2 Å². The summed E-state index contributed by atoms with van der Waals surface area (Å²) in [6, 6.07) is 6.74. The third-order valence-corrected chi connectivity index (χ3v) is 8.26. The van der Waals surface area contributed by atoms with Crippen LogP contribution < -0.4 is 10.9 Å². The van der Waals surface area contributed by atoms with Crippen molar-refractivity contribution in [3.8, 4) is 5.69 Å². The highest BCUT2D eigenvalue weighted by molar-refractivity contribution is 7.17. The van der Waals surface area contributed by atoms with E-state index >= 15 is 0 Å². The molecular formula is C28H31N5O4S. The average molecular weight is 534 g/mol. The van der Waals surface area contributed by atoms with E-state index in [-0.39, 0.29) is 6.61 Å². The fourth-order valence-corrected chi connectivity index (χ4v) is 6.29. The van der Waals surface area contributed by atoms with Gasteiger partial charge in [0.05, 0.1) is 29.7 Å². The number of fused-ring (bicyclic) bond motifs is 2. The van der Waals surface area contributed by atoms with E-state index in [2.05, 4.69) is 15.5 Å². The summed E-state index contributed by atoms with van der Waals surface area (Å²) in [5.74, 6) is -0.855. The molecule has 10 heteroatoms. The number of amides is 1. The fraction of sp³-hybridized carbons (Fsp3) is 0.393. The number of esters is 1. The summed E-state index contributed by atoms with van der Waals surface area (Å²) in [7, 11) is 0. The molecule has 1 atom stereocenters. The molecule has 0 bridgehead atoms. The standard InChI is InChI=1S/C28H31N5O4S/c1-5-37-28(36)23-19-12-7-6-8-14-22(19)38-26(23)30-25(34)18(4)32-27(35)24-20(17(3)31-32)15-29-33(24)21-13-10-9-11-16(21)2/h9-11,13,15,18H,5-8,12,14H2,1-4H3,(H,30,34). The van der Waals surface area contributed by atoms with Crippen LogP contribution in [0.2, 0.25) is 0 Å². The van der Waals surface area contributed by atoms with Crippen molar-refractivity contribution in [3.05, 3.63) is 68.1 Å². The Bertz CT molecular complexity index is 1600. The summed E-state index contributed by atoms with van der Waals surface area (Å²) in [6.45, 7) is 7.39. The van der Waals surface area contributed by atoms with Gasteiger partial charge in [-0.05, 0) is 70.6 Å². The Hall–Kier alpha value is -3.79. The number of aromatic nitrogens is 4. The molecule has 1 N–H and O–H groups in total. The molecule has 9 nitrogen and oxygen atoms in total. The van der Waals surface area contributed by atoms with Crippen molar-refractivity contribution in [2.24, 2.45) is 0 Å². The van der Waals surface area contributed by atoms with Crippen LogP contribution in [0.25, 0.3) is 16.6 Å². The zero-order valence-electron chi connectivity index (χ0n) is 22.0. The Kier molecular flexibility index (Phi) is 7.16. The van der Waals surface area contributed by atoms with Gasteiger partial charge in [-0.3, -0.25) is 9.59 Å². The van der Waals surface area contributed by atoms with E-state index in [0.717, 1.165) is 53.8 Å². The van der Waals surface area contributed by atoms with Gasteiger partial charge in [0.25, 0.3) is 5.56 Å². The molecule has 3 heterocycles. The first-order chi connectivity index (χ1) is 18.3. The number of rotatable bonds is 6. The number of carbonyl (C=O) groups excluding carboxylic acids is 2. The number of carbonyl (C=O) groups is 2. The monoisotopic (exact) mass is 533 g/mol. The predicted molar refractivity (Wildman–Crippen MR) is 147 cm³/mol. The van der Waals surface area contributed by atoms with E-state index in [1.807, 2.05) is 31.2 Å². The number of hydrogen-bond donors (Lipinski definition) is 1. The van der Waals surface area contributed by atoms with Crippen molar-refractivity contribution in [3.63, 3.8) is 0 Å². The van der Waals surface area contributed by atoms with Crippen LogP contribution in [0, 0.1) is 13.8 Å². The summed E-state index contributed by atoms with van der Waals surface area (Å²) >= 11 is 1.43. The molecule has 0 saturated heterocycles. The number of thiophene rings is 1. The second-order valence-corrected chi connectivity index (χ2v) is 10.7. The van der Waals surface area contributed by atoms with Gasteiger partial charge >= 0.3 is 5.97 Å². The Balaban J connectivity index is 1.53. The van der Waals surface area contributed by atoms with Crippen molar-refractivity contribution in [2.75, 3.05) is 11.9 Å². The number of benzene rings is 1. The van der Waals surface area contributed by atoms with Crippen LogP contribution in [0.5, 0.6) is 0 Å². The van der Waals surface area contributed by atoms with Crippen molar-refractivity contribution in [2.45, 2.75) is 65.8 Å². The molecule has 38 heavy (non-hydrogen) atoms. The number of nitrogens with zero attached hydrogens (tertiary/aromatic N) is 4. The maximum absolute atomic E-state index is 13.7. The lowest BCUT2D eigenvalue weighted by Crippen LogP contribution is -2.34. The van der Waals surface area contributed by atoms with Gasteiger partial charge in [-0.15, -0.1) is 11.3 Å². The molecular weight excluding hydrogens is 502 g/mol. The summed E-state index contributed by atoms with van der Waals surface area (Å²) in [6.07, 6.45) is 6.44. The van der Waals surface area contributed by atoms with Gasteiger partial charge in [-0.2, -0.15) is 10.2 Å². The Morgan fingerprint density at radius 1 is 1.16 bits per heavy atom. The van der Waals surface area contributed by atoms with Crippen LogP contribution in [0.4, 0.5) is 5.00 Å². The lowest BCUT2D eigenvalue weighted by Gasteiger charge is -2.16. The molecule has 0 aliphatic heterocycles. The van der Waals surface area contributed by atoms with Crippen LogP contribution >= 0.6 is 11.3 Å². The Morgan fingerprint density at radius 3 is 2.68 bits per heavy atom. The maximum atomic E-state index is 13.7. The second kappa shape index (κ2) is 10.5. The number of anilines is 1. The summed E-state index contributed by atoms with van der Waals surface area (Å²) in [5.41, 5.74) is 3.71. The Labute approximate surface area is 224 Å². The minimum absolute atomic E-state index is 0.250. The van der Waals surface area contributed by atoms with Crippen LogP contribution in [-0.4, -0.2) is 38.0 Å². The lowest BCUT2D eigenvalue weighted by atomic mass is 10.1. The van der Waals surface area contributed by atoms with E-state index in [9.17, 15) is 14.4 Å². The molecule has 0 radical (unpaired) electrons. The van der Waals surface area contributed by atoms with Crippen molar-refractivity contribution in [1.82, 2.24) is 19.6 Å². The van der Waals surface area contributed by atoms with E-state index in [1.54, 1.807) is 31.6 Å². The molecule has 4 aromatic rings. The van der Waals surface area contributed by atoms with Gasteiger partial charge in [0.15, 0.2) is 0 Å². The van der Waals surface area contributed by atoms with Gasteiger partial charge in [0, 0.05) is 10.3 Å². The number of para-hydroxylation sites is 1. The van der Waals surface area contributed by atoms with Crippen LogP contribution in [0.3, 0.4) is 0 Å². The summed E-state index contributed by atoms with van der Waals surface area (Å²) < 4.78 is 8.15. The van der Waals surface area contributed by atoms with E-state index < -0.39 is 23.5 Å². The lowest BCUT2D eigenvalue weighted by molar-refractivity contribution is -0.119. The zero-order valence-corrected chi connectivity index (χ0v) is 22.9. The van der Waals surface area contributed by atoms with Gasteiger partial charge in [-0.25, -0.2) is 14.2 Å². The average Bonchev–Trinajstić information content (AvgIpc) is 3.41. The third-order valence-electron chi connectivity index (χ3n) is 7.05. The highest BCUT2D eigenvalue weighted by atomic mass is 32.1. The Morgan fingerprint density at radius 2 is 1.92 bits per heavy atom. The fourth-order valence-electron chi connectivity index (χ4n) is 5.01. The maximum Gasteiger partial charge on any atom is 0.341 e. The SMILES string of the molecule is CCOC(=O)c1c(NC(=O)C(C)n2nc(C)c3cnn(-c4ccccc4C)c3c2=O)sc2c1CCCCC2. The van der Waals surface area contributed by atoms with E-state index in [1.165, 1.54) is 16.0 Å². The van der Waals surface area contributed by atoms with Crippen molar-refractivity contribution >= 4 is 39.1 Å². The normalized spacial score (nSPS) is 14.1. The largest absolute Gasteiger partial charge is 0.462 e. The first-order valence-electron chi connectivity index (χ1n) is 13.0. The molecule has 1 amide bonds. The van der Waals surface area contributed by atoms with Gasteiger partial charge in [-0.1, -0.05) is 24.6 Å². The highest BCUT2D eigenvalue weighted by Crippen LogP contribution is 2.38. The molecule has 0 spiro atoms. The minimum atomic E-state index is -0.928. The molecule has 198 valence electrons. The molecule has 5 rings (SSSR count). The third kappa shape index (κ3) is 4.53. The second-order valence-electron chi connectivity index (χ2n) is 9.59. The first-order valence-corrected chi connectivity index (χ1v) is 13.8. The molecule has 0 saturated carbocycles. The van der Waals surface area contributed by atoms with Gasteiger partial charge < -0.3 is 10.1 Å². The molecule has 1 aliphatic carbocycles. The molecule has 1 unspecified atom stereocenters. The smallest absolute Gasteiger partial charge is 0.341 e. The zero-order chi connectivity index (χ0) is 27.0. The van der Waals surface area contributed by atoms with Crippen molar-refractivity contribution in [1.29, 1.82) is 0 Å². The van der Waals surface area contributed by atoms with Crippen LogP contribution in [0.15, 0.2) is 35.3 Å². The number of ether oxygens (including phenoxy) is 1. The predicted octanol–water partition coefficient (Wildman–Crippen LogP) is 4.91. The highest BCUT2D eigenvalue weighted by Gasteiger charge is 2.29. The molecule has 1 aromatic carbocycles. The summed E-state index contributed by atoms with van der Waals surface area (Å²) in [5, 5.41) is 13.0. The van der Waals surface area contributed by atoms with Crippen molar-refractivity contribution < 1.29 is 14.3 Å². The van der Waals surface area contributed by atoms with Gasteiger partial charge in [0.1, 0.15) is 16.6 Å². The summed E-state index contributed by atoms with van der Waals surface area (Å²) in [4.78, 5) is 41.2. The van der Waals surface area contributed by atoms with E-state index in [0.29, 0.717) is 27.2 Å². The quantitative estimate of drug-likeness (QED) is 0.279. The van der Waals surface area contributed by atoms with E-state index in [4.69, 9.17) is 4.74 Å². The molecule has 0 fully saturated rings. The van der Waals surface area contributed by atoms with Crippen LogP contribution in [-0.2, 0) is 22.4 Å². The molecule has 3 aromatic heterocycles. The topological polar surface area (TPSA) is 108 Å². The first kappa shape index (κ1) is 25.8. The minimum Gasteiger partial charge on any atom is -0.462 e. The number of hydrogen-bond acceptors (Lipinski definition) is 7.